The molecule has 0 radical (unpaired) electrons. The average molecular weight is 381 g/mol. The third kappa shape index (κ3) is 3.88. The van der Waals surface area contributed by atoms with Gasteiger partial charge in [-0.2, -0.15) is 0 Å². The number of hydrogen-bond donors (Lipinski definition) is 1. The molecule has 4 rings (SSSR count). The zero-order valence-electron chi connectivity index (χ0n) is 15.5. The van der Waals surface area contributed by atoms with E-state index >= 15 is 0 Å². The van der Waals surface area contributed by atoms with Gasteiger partial charge in [0.05, 0.1) is 5.75 Å². The summed E-state index contributed by atoms with van der Waals surface area (Å²) < 4.78 is 0. The number of aryl methyl sites for hydroxylation is 1. The van der Waals surface area contributed by atoms with E-state index in [2.05, 4.69) is 5.32 Å². The Morgan fingerprint density at radius 1 is 1.04 bits per heavy atom. The predicted octanol–water partition coefficient (Wildman–Crippen LogP) is 4.90. The Morgan fingerprint density at radius 3 is 2.37 bits per heavy atom. The van der Waals surface area contributed by atoms with Gasteiger partial charge < -0.3 is 5.32 Å². The molecule has 1 saturated carbocycles. The fourth-order valence-corrected chi connectivity index (χ4v) is 5.00. The summed E-state index contributed by atoms with van der Waals surface area (Å²) in [5.41, 5.74) is 4.01. The highest BCUT2D eigenvalue weighted by Crippen LogP contribution is 2.42. The Hall–Kier alpha value is -2.27. The Kier molecular flexibility index (Phi) is 5.21. The third-order valence-electron chi connectivity index (χ3n) is 5.37. The number of carbonyl (C=O) groups excluding carboxylic acids is 2. The fraction of sp³-hybridized carbons (Fsp3) is 0.364. The van der Waals surface area contributed by atoms with Crippen LogP contribution in [0, 0.1) is 12.8 Å². The summed E-state index contributed by atoms with van der Waals surface area (Å²) in [7, 11) is 0. The highest BCUT2D eigenvalue weighted by atomic mass is 32.2. The first kappa shape index (κ1) is 18.1. The maximum absolute atomic E-state index is 12.5. The summed E-state index contributed by atoms with van der Waals surface area (Å²) in [4.78, 5) is 26.6. The lowest BCUT2D eigenvalue weighted by molar-refractivity contribution is -0.119. The second-order valence-electron chi connectivity index (χ2n) is 7.36. The summed E-state index contributed by atoms with van der Waals surface area (Å²) in [5, 5.41) is 3.01. The molecule has 2 aliphatic rings. The molecule has 5 heteroatoms. The van der Waals surface area contributed by atoms with Crippen LogP contribution in [0.2, 0.25) is 0 Å². The van der Waals surface area contributed by atoms with Gasteiger partial charge >= 0.3 is 0 Å². The van der Waals surface area contributed by atoms with Crippen molar-refractivity contribution in [3.05, 3.63) is 59.7 Å². The summed E-state index contributed by atoms with van der Waals surface area (Å²) >= 11 is 1.64. The van der Waals surface area contributed by atoms with E-state index in [-0.39, 0.29) is 23.1 Å². The van der Waals surface area contributed by atoms with Crippen LogP contribution in [0.1, 0.15) is 42.2 Å². The molecule has 1 heterocycles. The molecule has 0 aromatic heterocycles. The molecule has 0 bridgehead atoms. The lowest BCUT2D eigenvalue weighted by Gasteiger charge is -2.24. The molecule has 1 aliphatic heterocycles. The largest absolute Gasteiger partial charge is 0.326 e. The molecule has 1 N–H and O–H groups in total. The van der Waals surface area contributed by atoms with Gasteiger partial charge in [0.2, 0.25) is 11.8 Å². The number of anilines is 2. The molecular weight excluding hydrogens is 356 g/mol. The Labute approximate surface area is 164 Å². The molecular formula is C22H24N2O2S. The standard InChI is InChI=1S/C22H24N2O2S/c1-15-6-12-19(13-7-15)24-20(25)14-27-22(24)17-8-10-18(11-9-17)23-21(26)16-4-2-3-5-16/h6-13,16,22H,2-5,14H2,1H3,(H,23,26)/t22-/m1/s1. The first-order valence-electron chi connectivity index (χ1n) is 9.53. The molecule has 2 amide bonds. The third-order valence-corrected chi connectivity index (χ3v) is 6.58. The van der Waals surface area contributed by atoms with Gasteiger partial charge in [-0.1, -0.05) is 42.7 Å². The van der Waals surface area contributed by atoms with Crippen LogP contribution < -0.4 is 10.2 Å². The van der Waals surface area contributed by atoms with Crippen molar-refractivity contribution in [1.82, 2.24) is 0 Å². The Bertz CT molecular complexity index is 826. The molecule has 1 atom stereocenters. The van der Waals surface area contributed by atoms with Crippen molar-refractivity contribution >= 4 is 35.0 Å². The molecule has 4 nitrogen and oxygen atoms in total. The highest BCUT2D eigenvalue weighted by molar-refractivity contribution is 8.00. The maximum Gasteiger partial charge on any atom is 0.238 e. The molecule has 2 aromatic rings. The number of carbonyl (C=O) groups is 2. The Morgan fingerprint density at radius 2 is 1.70 bits per heavy atom. The van der Waals surface area contributed by atoms with E-state index < -0.39 is 0 Å². The lowest BCUT2D eigenvalue weighted by atomic mass is 10.1. The number of benzene rings is 2. The van der Waals surface area contributed by atoms with Gasteiger partial charge in [0.1, 0.15) is 5.37 Å². The second-order valence-corrected chi connectivity index (χ2v) is 8.42. The normalized spacial score (nSPS) is 20.3. The van der Waals surface area contributed by atoms with Crippen molar-refractivity contribution in [3.63, 3.8) is 0 Å². The average Bonchev–Trinajstić information content (AvgIpc) is 3.33. The van der Waals surface area contributed by atoms with E-state index in [9.17, 15) is 9.59 Å². The first-order valence-corrected chi connectivity index (χ1v) is 10.6. The highest BCUT2D eigenvalue weighted by Gasteiger charge is 2.34. The van der Waals surface area contributed by atoms with E-state index in [1.54, 1.807) is 11.8 Å². The summed E-state index contributed by atoms with van der Waals surface area (Å²) in [6.07, 6.45) is 4.30. The van der Waals surface area contributed by atoms with Crippen LogP contribution in [-0.4, -0.2) is 17.6 Å². The fourth-order valence-electron chi connectivity index (χ4n) is 3.82. The van der Waals surface area contributed by atoms with Crippen molar-refractivity contribution in [2.24, 2.45) is 5.92 Å². The van der Waals surface area contributed by atoms with Gasteiger partial charge in [-0.05, 0) is 49.6 Å². The van der Waals surface area contributed by atoms with Crippen LogP contribution in [-0.2, 0) is 9.59 Å². The molecule has 27 heavy (non-hydrogen) atoms. The number of nitrogens with one attached hydrogen (secondary N) is 1. The van der Waals surface area contributed by atoms with Crippen molar-refractivity contribution in [2.75, 3.05) is 16.0 Å². The van der Waals surface area contributed by atoms with Gasteiger partial charge in [-0.25, -0.2) is 0 Å². The van der Waals surface area contributed by atoms with Crippen LogP contribution in [0.4, 0.5) is 11.4 Å². The van der Waals surface area contributed by atoms with Crippen molar-refractivity contribution < 1.29 is 9.59 Å². The molecule has 0 spiro atoms. The topological polar surface area (TPSA) is 49.4 Å². The molecule has 2 aromatic carbocycles. The number of hydrogen-bond acceptors (Lipinski definition) is 3. The van der Waals surface area contributed by atoms with Crippen LogP contribution >= 0.6 is 11.8 Å². The quantitative estimate of drug-likeness (QED) is 0.820. The maximum atomic E-state index is 12.5. The van der Waals surface area contributed by atoms with Crippen LogP contribution in [0.15, 0.2) is 48.5 Å². The zero-order chi connectivity index (χ0) is 18.8. The van der Waals surface area contributed by atoms with Gasteiger partial charge in [0.15, 0.2) is 0 Å². The summed E-state index contributed by atoms with van der Waals surface area (Å²) in [6, 6.07) is 16.0. The van der Waals surface area contributed by atoms with E-state index in [1.807, 2.05) is 60.4 Å². The van der Waals surface area contributed by atoms with Crippen molar-refractivity contribution in [1.29, 1.82) is 0 Å². The van der Waals surface area contributed by atoms with Crippen molar-refractivity contribution in [2.45, 2.75) is 38.0 Å². The summed E-state index contributed by atoms with van der Waals surface area (Å²) in [6.45, 7) is 2.04. The van der Waals surface area contributed by atoms with Crippen LogP contribution in [0.25, 0.3) is 0 Å². The smallest absolute Gasteiger partial charge is 0.238 e. The molecule has 2 fully saturated rings. The van der Waals surface area contributed by atoms with Gasteiger partial charge in [0.25, 0.3) is 0 Å². The molecule has 140 valence electrons. The zero-order valence-corrected chi connectivity index (χ0v) is 16.3. The minimum absolute atomic E-state index is 0.0280. The van der Waals surface area contributed by atoms with Crippen molar-refractivity contribution in [3.8, 4) is 0 Å². The lowest BCUT2D eigenvalue weighted by Crippen LogP contribution is -2.27. The molecule has 1 aliphatic carbocycles. The number of rotatable bonds is 4. The minimum Gasteiger partial charge on any atom is -0.326 e. The molecule has 1 saturated heterocycles. The predicted molar refractivity (Wildman–Crippen MR) is 111 cm³/mol. The van der Waals surface area contributed by atoms with E-state index in [0.29, 0.717) is 5.75 Å². The van der Waals surface area contributed by atoms with Gasteiger partial charge in [-0.15, -0.1) is 11.8 Å². The van der Waals surface area contributed by atoms with Crippen LogP contribution in [0.3, 0.4) is 0 Å². The van der Waals surface area contributed by atoms with Gasteiger partial charge in [-0.3, -0.25) is 14.5 Å². The minimum atomic E-state index is -0.0280. The first-order chi connectivity index (χ1) is 13.1. The monoisotopic (exact) mass is 380 g/mol. The van der Waals surface area contributed by atoms with E-state index in [1.165, 1.54) is 5.56 Å². The SMILES string of the molecule is Cc1ccc(N2C(=O)CS[C@@H]2c2ccc(NC(=O)C3CCCC3)cc2)cc1. The number of nitrogens with zero attached hydrogens (tertiary/aromatic N) is 1. The summed E-state index contributed by atoms with van der Waals surface area (Å²) in [5.74, 6) is 0.905. The van der Waals surface area contributed by atoms with Gasteiger partial charge in [0, 0.05) is 17.3 Å². The van der Waals surface area contributed by atoms with E-state index in [0.717, 1.165) is 42.6 Å². The second kappa shape index (κ2) is 7.77. The Balaban J connectivity index is 1.49. The number of thioether (sulfide) groups is 1. The van der Waals surface area contributed by atoms with E-state index in [4.69, 9.17) is 0 Å². The number of amides is 2. The molecule has 0 unspecified atom stereocenters. The van der Waals surface area contributed by atoms with Crippen LogP contribution in [0.5, 0.6) is 0 Å².